The largest absolute Gasteiger partial charge is 0.414 e. The lowest BCUT2D eigenvalue weighted by Crippen LogP contribution is -2.59. The molecule has 0 bridgehead atoms. The minimum Gasteiger partial charge on any atom is -0.414 e. The van der Waals surface area contributed by atoms with E-state index in [-0.39, 0.29) is 48.0 Å². The molecule has 0 unspecified atom stereocenters. The highest BCUT2D eigenvalue weighted by atomic mass is 32.2. The number of nitrogens with zero attached hydrogens (tertiary/aromatic N) is 7. The molecule has 65 heavy (non-hydrogen) atoms. The number of aliphatic hydroxyl groups excluding tert-OH is 1. The molecular weight excluding hydrogens is 897 g/mol. The van der Waals surface area contributed by atoms with Gasteiger partial charge in [0.15, 0.2) is 28.5 Å². The van der Waals surface area contributed by atoms with Crippen molar-refractivity contribution in [3.63, 3.8) is 0 Å². The maximum atomic E-state index is 14.7. The zero-order valence-electron chi connectivity index (χ0n) is 39.1. The lowest BCUT2D eigenvalue weighted by molar-refractivity contribution is -0.0567. The van der Waals surface area contributed by atoms with Crippen molar-refractivity contribution in [3.05, 3.63) is 122 Å². The van der Waals surface area contributed by atoms with Gasteiger partial charge < -0.3 is 29.2 Å². The summed E-state index contributed by atoms with van der Waals surface area (Å²) in [4.78, 5) is 58.3. The van der Waals surface area contributed by atoms with Gasteiger partial charge in [0.1, 0.15) is 18.4 Å². The standard InChI is InChI=1S/C42H62N8O12SSi2/c1-25-18-47(33-17-29(45-46-44)30(22-51)59-33)38(54)48(35(25)52)20-27-13-15-28(16-14-27)21-49-36(53)26(2)19-50(39(49)55)37-34(61-65(11,12)41(6,7)8)42(31(43)24-63(56,57)62-42)32(60-37)23-58-64(9,10)40(3,4)5/h13-16,18-19,24,29-30,32-34,37,51H,17,20-23,43H2,1-12H3/t29-,30+,32+,33+,34-,37+,42+/m0/s1. The van der Waals surface area contributed by atoms with Crippen molar-refractivity contribution in [1.29, 1.82) is 0 Å². The minimum atomic E-state index is -4.33. The Hall–Kier alpha value is -4.43. The lowest BCUT2D eigenvalue weighted by atomic mass is 9.89. The molecule has 0 radical (unpaired) electrons. The molecular formula is C42H62N8O12SSi2. The van der Waals surface area contributed by atoms with E-state index in [1.807, 2.05) is 47.0 Å². The lowest BCUT2D eigenvalue weighted by Gasteiger charge is -2.43. The number of nitrogens with two attached hydrogens (primary N) is 1. The van der Waals surface area contributed by atoms with E-state index in [0.717, 1.165) is 14.5 Å². The summed E-state index contributed by atoms with van der Waals surface area (Å²) in [5.41, 5.74) is 12.5. The quantitative estimate of drug-likeness (QED) is 0.0801. The van der Waals surface area contributed by atoms with Crippen LogP contribution in [-0.2, 0) is 45.7 Å². The highest BCUT2D eigenvalue weighted by Gasteiger charge is 2.67. The van der Waals surface area contributed by atoms with Gasteiger partial charge in [-0.15, -0.1) is 0 Å². The Kier molecular flexibility index (Phi) is 13.6. The van der Waals surface area contributed by atoms with E-state index in [0.29, 0.717) is 11.1 Å². The second-order valence-corrected chi connectivity index (χ2v) is 31.2. The van der Waals surface area contributed by atoms with E-state index in [4.69, 9.17) is 33.8 Å². The molecule has 3 aromatic rings. The summed E-state index contributed by atoms with van der Waals surface area (Å²) in [6, 6.07) is 5.98. The van der Waals surface area contributed by atoms with Gasteiger partial charge in [-0.05, 0) is 66.8 Å². The van der Waals surface area contributed by atoms with Crippen LogP contribution in [0.25, 0.3) is 10.4 Å². The van der Waals surface area contributed by atoms with Gasteiger partial charge in [0.05, 0.1) is 49.6 Å². The third-order valence-corrected chi connectivity index (χ3v) is 23.7. The predicted molar refractivity (Wildman–Crippen MR) is 247 cm³/mol. The molecule has 1 aromatic carbocycles. The number of rotatable bonds is 13. The molecule has 5 heterocycles. The second kappa shape index (κ2) is 17.7. The fraction of sp³-hybridized carbons (Fsp3) is 0.619. The van der Waals surface area contributed by atoms with Crippen LogP contribution in [0.4, 0.5) is 0 Å². The summed E-state index contributed by atoms with van der Waals surface area (Å²) in [5.74, 6) is 0. The van der Waals surface area contributed by atoms with Crippen molar-refractivity contribution >= 4 is 26.8 Å². The molecule has 1 spiro atoms. The number of azide groups is 1. The highest BCUT2D eigenvalue weighted by molar-refractivity contribution is 7.90. The van der Waals surface area contributed by atoms with Crippen LogP contribution in [-0.4, -0.2) is 91.6 Å². The second-order valence-electron chi connectivity index (χ2n) is 20.3. The Balaban J connectivity index is 1.36. The number of aromatic nitrogens is 4. The van der Waals surface area contributed by atoms with E-state index in [1.165, 1.54) is 21.5 Å². The molecule has 20 nitrogen and oxygen atoms in total. The molecule has 0 aliphatic carbocycles. The molecule has 3 aliphatic rings. The smallest absolute Gasteiger partial charge is 0.333 e. The van der Waals surface area contributed by atoms with Crippen molar-refractivity contribution < 1.29 is 36.0 Å². The maximum Gasteiger partial charge on any atom is 0.333 e. The number of ether oxygens (including phenoxy) is 2. The van der Waals surface area contributed by atoms with Gasteiger partial charge in [-0.2, -0.15) is 8.42 Å². The molecule has 23 heteroatoms. The first kappa shape index (κ1) is 50.0. The average Bonchev–Trinajstić information content (AvgIpc) is 3.83. The Morgan fingerprint density at radius 2 is 1.38 bits per heavy atom. The third kappa shape index (κ3) is 9.45. The van der Waals surface area contributed by atoms with Crippen molar-refractivity contribution in [2.24, 2.45) is 10.8 Å². The third-order valence-electron chi connectivity index (χ3n) is 13.7. The van der Waals surface area contributed by atoms with Crippen LogP contribution in [0.1, 0.15) is 82.7 Å². The number of benzene rings is 1. The molecule has 2 saturated heterocycles. The molecule has 356 valence electrons. The summed E-state index contributed by atoms with van der Waals surface area (Å²) in [6.45, 7) is 22.5. The first-order valence-electron chi connectivity index (χ1n) is 21.4. The maximum absolute atomic E-state index is 14.7. The van der Waals surface area contributed by atoms with Crippen molar-refractivity contribution in [2.45, 2.75) is 154 Å². The monoisotopic (exact) mass is 958 g/mol. The van der Waals surface area contributed by atoms with E-state index in [2.05, 4.69) is 30.8 Å². The molecule has 2 fully saturated rings. The van der Waals surface area contributed by atoms with Crippen molar-refractivity contribution in [2.75, 3.05) is 13.2 Å². The van der Waals surface area contributed by atoms with Crippen LogP contribution in [0.3, 0.4) is 0 Å². The Morgan fingerprint density at radius 1 is 0.877 bits per heavy atom. The molecule has 6 rings (SSSR count). The average molecular weight is 959 g/mol. The normalized spacial score (nSPS) is 25.8. The summed E-state index contributed by atoms with van der Waals surface area (Å²) < 4.78 is 63.3. The fourth-order valence-electron chi connectivity index (χ4n) is 7.75. The molecule has 3 aliphatic heterocycles. The zero-order chi connectivity index (χ0) is 48.4. The zero-order valence-corrected chi connectivity index (χ0v) is 41.9. The molecule has 7 atom stereocenters. The Morgan fingerprint density at radius 3 is 1.85 bits per heavy atom. The van der Waals surface area contributed by atoms with Crippen LogP contribution in [0.2, 0.25) is 36.3 Å². The highest BCUT2D eigenvalue weighted by Crippen LogP contribution is 2.52. The van der Waals surface area contributed by atoms with Gasteiger partial charge in [0.25, 0.3) is 21.2 Å². The number of hydrogen-bond donors (Lipinski definition) is 2. The summed E-state index contributed by atoms with van der Waals surface area (Å²) in [5, 5.41) is 13.7. The Labute approximate surface area is 379 Å². The Bertz CT molecular complexity index is 2760. The van der Waals surface area contributed by atoms with Gasteiger partial charge in [0.2, 0.25) is 0 Å². The summed E-state index contributed by atoms with van der Waals surface area (Å²) in [7, 11) is -9.65. The van der Waals surface area contributed by atoms with Crippen LogP contribution in [0, 0.1) is 13.8 Å². The SMILES string of the molecule is Cc1cn([C@@H]2O[C@H](CO[Si](C)(C)C(C)(C)C)[C@@]3(OS(=O)(=O)C=C3N)[C@H]2O[Si](C)(C)C(C)(C)C)c(=O)n(Cc2ccc(Cn3c(=O)c(C)cn([C@H]4C[C@H](N=[N+]=[N-])[C@@H](CO)O4)c3=O)cc2)c1=O. The van der Waals surface area contributed by atoms with Crippen molar-refractivity contribution in [1.82, 2.24) is 18.3 Å². The van der Waals surface area contributed by atoms with E-state index in [1.54, 1.807) is 38.1 Å². The molecule has 0 saturated carbocycles. The fourth-order valence-corrected chi connectivity index (χ4v) is 11.3. The predicted octanol–water partition coefficient (Wildman–Crippen LogP) is 4.21. The summed E-state index contributed by atoms with van der Waals surface area (Å²) in [6.07, 6.45) is -2.61. The number of hydrogen-bond acceptors (Lipinski definition) is 14. The van der Waals surface area contributed by atoms with Crippen LogP contribution >= 0.6 is 0 Å². The van der Waals surface area contributed by atoms with E-state index < -0.39 is 103 Å². The molecule has 0 amide bonds. The number of aliphatic hydroxyl groups is 1. The van der Waals surface area contributed by atoms with Gasteiger partial charge >= 0.3 is 11.4 Å². The topological polar surface area (TPSA) is 263 Å². The number of aryl methyl sites for hydroxylation is 2. The molecule has 2 aromatic heterocycles. The van der Waals surface area contributed by atoms with E-state index in [9.17, 15) is 32.7 Å². The van der Waals surface area contributed by atoms with Gasteiger partial charge in [-0.25, -0.2) is 13.8 Å². The van der Waals surface area contributed by atoms with Crippen molar-refractivity contribution in [3.8, 4) is 0 Å². The van der Waals surface area contributed by atoms with Gasteiger partial charge in [-0.1, -0.05) is 70.9 Å². The molecule has 3 N–H and O–H groups in total. The first-order chi connectivity index (χ1) is 30.0. The first-order valence-corrected chi connectivity index (χ1v) is 28.7. The van der Waals surface area contributed by atoms with E-state index >= 15 is 0 Å². The summed E-state index contributed by atoms with van der Waals surface area (Å²) >= 11 is 0. The van der Waals surface area contributed by atoms with Gasteiger partial charge in [0, 0.05) is 34.9 Å². The minimum absolute atomic E-state index is 0.118. The van der Waals surface area contributed by atoms with Crippen LogP contribution in [0.15, 0.2) is 72.1 Å². The van der Waals surface area contributed by atoms with Crippen LogP contribution in [0.5, 0.6) is 0 Å². The van der Waals surface area contributed by atoms with Crippen LogP contribution < -0.4 is 28.2 Å². The van der Waals surface area contributed by atoms with Gasteiger partial charge in [-0.3, -0.25) is 27.9 Å².